The van der Waals surface area contributed by atoms with Gasteiger partial charge in [0.15, 0.2) is 22.5 Å². The molecule has 0 amide bonds. The maximum absolute atomic E-state index is 14.6. The van der Waals surface area contributed by atoms with Gasteiger partial charge in [-0.2, -0.15) is 4.98 Å². The Labute approximate surface area is 203 Å². The molecule has 0 atom stereocenters. The van der Waals surface area contributed by atoms with Gasteiger partial charge in [-0.25, -0.2) is 4.39 Å². The van der Waals surface area contributed by atoms with Crippen molar-refractivity contribution in [2.24, 2.45) is 0 Å². The molecule has 0 aliphatic carbocycles. The summed E-state index contributed by atoms with van der Waals surface area (Å²) < 4.78 is 32.7. The minimum atomic E-state index is -0.351. The summed E-state index contributed by atoms with van der Waals surface area (Å²) in [6, 6.07) is 21.9. The Bertz CT molecular complexity index is 1490. The maximum Gasteiger partial charge on any atom is 0.237 e. The molecule has 0 radical (unpaired) electrons. The average molecular weight is 488 g/mol. The number of benzene rings is 3. The second kappa shape index (κ2) is 9.22. The lowest BCUT2D eigenvalue weighted by Gasteiger charge is -2.10. The zero-order valence-corrected chi connectivity index (χ0v) is 19.1. The highest BCUT2D eigenvalue weighted by molar-refractivity contribution is 7.98. The summed E-state index contributed by atoms with van der Waals surface area (Å²) in [5, 5.41) is 13.4. The van der Waals surface area contributed by atoms with Crippen LogP contribution >= 0.6 is 11.8 Å². The lowest BCUT2D eigenvalue weighted by atomic mass is 10.2. The van der Waals surface area contributed by atoms with Gasteiger partial charge < -0.3 is 14.0 Å². The smallest absolute Gasteiger partial charge is 0.237 e. The number of halogens is 1. The second-order valence-electron chi connectivity index (χ2n) is 7.73. The van der Waals surface area contributed by atoms with E-state index in [9.17, 15) is 4.39 Å². The summed E-state index contributed by atoms with van der Waals surface area (Å²) in [5.74, 6) is 2.72. The van der Waals surface area contributed by atoms with Gasteiger partial charge in [-0.1, -0.05) is 59.4 Å². The molecule has 0 spiro atoms. The molecule has 3 aromatic carbocycles. The summed E-state index contributed by atoms with van der Waals surface area (Å²) in [7, 11) is 0. The highest BCUT2D eigenvalue weighted by Gasteiger charge is 2.20. The van der Waals surface area contributed by atoms with Crippen molar-refractivity contribution in [3.8, 4) is 34.3 Å². The standard InChI is InChI=1S/C25H18FN5O3S/c26-19-9-5-4-8-18(19)24-28-29-25(31(24)13-16-6-2-1-3-7-16)35-14-22-27-23(30-34-22)17-10-11-20-21(12-17)33-15-32-20/h1-12H,13-15H2. The van der Waals surface area contributed by atoms with Crippen LogP contribution in [-0.2, 0) is 12.3 Å². The van der Waals surface area contributed by atoms with Crippen LogP contribution in [0.5, 0.6) is 11.5 Å². The van der Waals surface area contributed by atoms with Crippen LogP contribution in [-0.4, -0.2) is 31.7 Å². The molecule has 6 rings (SSSR count). The van der Waals surface area contributed by atoms with Crippen LogP contribution in [0.2, 0.25) is 0 Å². The number of aromatic nitrogens is 5. The fourth-order valence-electron chi connectivity index (χ4n) is 3.74. The van der Waals surface area contributed by atoms with Crippen LogP contribution in [0.4, 0.5) is 4.39 Å². The predicted molar refractivity (Wildman–Crippen MR) is 126 cm³/mol. The molecular weight excluding hydrogens is 469 g/mol. The molecule has 0 unspecified atom stereocenters. The minimum Gasteiger partial charge on any atom is -0.454 e. The molecule has 1 aliphatic rings. The topological polar surface area (TPSA) is 88.1 Å². The Balaban J connectivity index is 1.26. The van der Waals surface area contributed by atoms with Crippen LogP contribution in [0.15, 0.2) is 82.5 Å². The molecule has 0 saturated carbocycles. The van der Waals surface area contributed by atoms with Crippen LogP contribution in [0.1, 0.15) is 11.5 Å². The van der Waals surface area contributed by atoms with Gasteiger partial charge in [0.1, 0.15) is 5.82 Å². The van der Waals surface area contributed by atoms with Crippen molar-refractivity contribution in [2.45, 2.75) is 17.5 Å². The summed E-state index contributed by atoms with van der Waals surface area (Å²) in [6.07, 6.45) is 0. The van der Waals surface area contributed by atoms with E-state index in [2.05, 4.69) is 20.3 Å². The highest BCUT2D eigenvalue weighted by atomic mass is 32.2. The quantitative estimate of drug-likeness (QED) is 0.289. The normalized spacial score (nSPS) is 12.3. The number of ether oxygens (including phenoxy) is 2. The second-order valence-corrected chi connectivity index (χ2v) is 8.67. The molecule has 0 bridgehead atoms. The molecule has 0 saturated heterocycles. The van der Waals surface area contributed by atoms with Crippen LogP contribution in [0.25, 0.3) is 22.8 Å². The van der Waals surface area contributed by atoms with Crippen molar-refractivity contribution in [3.05, 3.63) is 90.1 Å². The summed E-state index contributed by atoms with van der Waals surface area (Å²) in [6.45, 7) is 0.692. The summed E-state index contributed by atoms with van der Waals surface area (Å²) >= 11 is 1.40. The number of fused-ring (bicyclic) bond motifs is 1. The van der Waals surface area contributed by atoms with E-state index >= 15 is 0 Å². The summed E-state index contributed by atoms with van der Waals surface area (Å²) in [5.41, 5.74) is 2.21. The Hall–Kier alpha value is -4.18. The van der Waals surface area contributed by atoms with Gasteiger partial charge in [0.25, 0.3) is 0 Å². The fourth-order valence-corrected chi connectivity index (χ4v) is 4.51. The predicted octanol–water partition coefficient (Wildman–Crippen LogP) is 5.20. The molecule has 174 valence electrons. The Morgan fingerprint density at radius 3 is 2.63 bits per heavy atom. The Morgan fingerprint density at radius 1 is 0.914 bits per heavy atom. The fraction of sp³-hybridized carbons (Fsp3) is 0.120. The van der Waals surface area contributed by atoms with Crippen LogP contribution < -0.4 is 9.47 Å². The van der Waals surface area contributed by atoms with Crippen LogP contribution in [0, 0.1) is 5.82 Å². The minimum absolute atomic E-state index is 0.200. The van der Waals surface area contributed by atoms with E-state index < -0.39 is 0 Å². The Kier molecular flexibility index (Phi) is 5.63. The van der Waals surface area contributed by atoms with E-state index in [0.717, 1.165) is 11.1 Å². The molecule has 0 N–H and O–H groups in total. The van der Waals surface area contributed by atoms with E-state index in [0.29, 0.717) is 52.1 Å². The van der Waals surface area contributed by atoms with Crippen molar-refractivity contribution in [1.82, 2.24) is 24.9 Å². The molecule has 10 heteroatoms. The van der Waals surface area contributed by atoms with Gasteiger partial charge in [0.2, 0.25) is 18.5 Å². The molecule has 3 heterocycles. The van der Waals surface area contributed by atoms with Crippen molar-refractivity contribution in [3.63, 3.8) is 0 Å². The van der Waals surface area contributed by atoms with Gasteiger partial charge in [-0.3, -0.25) is 4.57 Å². The van der Waals surface area contributed by atoms with E-state index in [1.54, 1.807) is 18.2 Å². The van der Waals surface area contributed by atoms with Gasteiger partial charge in [0, 0.05) is 5.56 Å². The molecule has 35 heavy (non-hydrogen) atoms. The lowest BCUT2D eigenvalue weighted by molar-refractivity contribution is 0.174. The van der Waals surface area contributed by atoms with Gasteiger partial charge >= 0.3 is 0 Å². The summed E-state index contributed by atoms with van der Waals surface area (Å²) in [4.78, 5) is 4.50. The van der Waals surface area contributed by atoms with Crippen molar-refractivity contribution in [1.29, 1.82) is 0 Å². The first-order valence-corrected chi connectivity index (χ1v) is 11.8. The van der Waals surface area contributed by atoms with Gasteiger partial charge in [-0.05, 0) is 35.9 Å². The van der Waals surface area contributed by atoms with E-state index in [1.807, 2.05) is 53.1 Å². The number of hydrogen-bond acceptors (Lipinski definition) is 8. The first-order chi connectivity index (χ1) is 17.2. The largest absolute Gasteiger partial charge is 0.454 e. The molecule has 8 nitrogen and oxygen atoms in total. The number of hydrogen-bond donors (Lipinski definition) is 0. The molecule has 1 aliphatic heterocycles. The molecule has 5 aromatic rings. The maximum atomic E-state index is 14.6. The van der Waals surface area contributed by atoms with Crippen molar-refractivity contribution in [2.75, 3.05) is 6.79 Å². The third-order valence-electron chi connectivity index (χ3n) is 5.44. The van der Waals surface area contributed by atoms with E-state index in [1.165, 1.54) is 17.8 Å². The van der Waals surface area contributed by atoms with Gasteiger partial charge in [-0.15, -0.1) is 10.2 Å². The zero-order valence-electron chi connectivity index (χ0n) is 18.3. The first-order valence-electron chi connectivity index (χ1n) is 10.8. The number of rotatable bonds is 7. The highest BCUT2D eigenvalue weighted by Crippen LogP contribution is 2.35. The van der Waals surface area contributed by atoms with Crippen molar-refractivity contribution >= 4 is 11.8 Å². The average Bonchev–Trinajstić information content (AvgIpc) is 3.63. The van der Waals surface area contributed by atoms with E-state index in [-0.39, 0.29) is 12.6 Å². The van der Waals surface area contributed by atoms with E-state index in [4.69, 9.17) is 14.0 Å². The third-order valence-corrected chi connectivity index (χ3v) is 6.39. The van der Waals surface area contributed by atoms with Crippen LogP contribution in [0.3, 0.4) is 0 Å². The van der Waals surface area contributed by atoms with Gasteiger partial charge in [0.05, 0.1) is 17.9 Å². The number of thioether (sulfide) groups is 1. The van der Waals surface area contributed by atoms with Crippen molar-refractivity contribution < 1.29 is 18.4 Å². The lowest BCUT2D eigenvalue weighted by Crippen LogP contribution is -2.05. The SMILES string of the molecule is Fc1ccccc1-c1nnc(SCc2nc(-c3ccc4c(c3)OCO4)no2)n1Cc1ccccc1. The molecular formula is C25H18FN5O3S. The Morgan fingerprint density at radius 2 is 1.74 bits per heavy atom. The zero-order chi connectivity index (χ0) is 23.6. The molecule has 0 fully saturated rings. The third kappa shape index (κ3) is 4.35. The first kappa shape index (κ1) is 21.4. The number of nitrogens with zero attached hydrogens (tertiary/aromatic N) is 5. The monoisotopic (exact) mass is 487 g/mol. The molecule has 2 aromatic heterocycles.